The lowest BCUT2D eigenvalue weighted by Gasteiger charge is -2.29. The highest BCUT2D eigenvalue weighted by atomic mass is 35.5. The Bertz CT molecular complexity index is 1210. The Hall–Kier alpha value is -2.04. The van der Waals surface area contributed by atoms with E-state index in [1.54, 1.807) is 29.2 Å². The van der Waals surface area contributed by atoms with Gasteiger partial charge < -0.3 is 4.74 Å². The molecule has 1 aliphatic rings. The van der Waals surface area contributed by atoms with Crippen LogP contribution in [0.2, 0.25) is 5.02 Å². The van der Waals surface area contributed by atoms with E-state index in [-0.39, 0.29) is 17.2 Å². The van der Waals surface area contributed by atoms with Gasteiger partial charge in [0.15, 0.2) is 15.0 Å². The van der Waals surface area contributed by atoms with Gasteiger partial charge in [-0.25, -0.2) is 13.4 Å². The molecule has 0 bridgehead atoms. The van der Waals surface area contributed by atoms with Gasteiger partial charge in [0.2, 0.25) is 5.91 Å². The van der Waals surface area contributed by atoms with E-state index >= 15 is 0 Å². The number of amides is 1. The van der Waals surface area contributed by atoms with Crippen molar-refractivity contribution < 1.29 is 17.9 Å². The van der Waals surface area contributed by atoms with Crippen LogP contribution in [0.1, 0.15) is 5.56 Å². The zero-order chi connectivity index (χ0) is 22.7. The first-order valence-corrected chi connectivity index (χ1v) is 13.3. The first kappa shape index (κ1) is 23.1. The summed E-state index contributed by atoms with van der Waals surface area (Å²) >= 11 is 7.30. The molecular formula is C22H24ClN3O4S2. The number of hydrogen-bond donors (Lipinski definition) is 0. The predicted octanol–water partition coefficient (Wildman–Crippen LogP) is 3.26. The van der Waals surface area contributed by atoms with E-state index in [2.05, 4.69) is 9.88 Å². The van der Waals surface area contributed by atoms with E-state index in [4.69, 9.17) is 16.3 Å². The third-order valence-corrected chi connectivity index (χ3v) is 7.74. The third kappa shape index (κ3) is 5.47. The molecule has 4 rings (SSSR count). The molecule has 170 valence electrons. The first-order valence-electron chi connectivity index (χ1n) is 10.3. The topological polar surface area (TPSA) is 79.8 Å². The van der Waals surface area contributed by atoms with Crippen molar-refractivity contribution in [3.05, 3.63) is 53.1 Å². The standard InChI is InChI=1S/C22H24ClN3O4S2/c1-32(28,29)19-4-2-3-18-21(19)24-22(31-18)26(10-9-25-11-13-30-14-12-25)20(27)15-16-5-7-17(23)8-6-16/h2-8H,9-15H2,1H3. The number of anilines is 1. The number of thiazole rings is 1. The molecule has 0 spiro atoms. The smallest absolute Gasteiger partial charge is 0.233 e. The Morgan fingerprint density at radius 1 is 1.19 bits per heavy atom. The third-order valence-electron chi connectivity index (χ3n) is 5.31. The summed E-state index contributed by atoms with van der Waals surface area (Å²) in [6.45, 7) is 4.13. The van der Waals surface area contributed by atoms with Crippen LogP contribution >= 0.6 is 22.9 Å². The summed E-state index contributed by atoms with van der Waals surface area (Å²) in [4.78, 5) is 22.0. The van der Waals surface area contributed by atoms with Crippen LogP contribution in [0.15, 0.2) is 47.4 Å². The normalized spacial score (nSPS) is 15.2. The number of morpholine rings is 1. The van der Waals surface area contributed by atoms with Crippen molar-refractivity contribution in [2.45, 2.75) is 11.3 Å². The van der Waals surface area contributed by atoms with Crippen LogP contribution < -0.4 is 4.90 Å². The fourth-order valence-corrected chi connectivity index (χ4v) is 5.65. The summed E-state index contributed by atoms with van der Waals surface area (Å²) in [5, 5.41) is 1.12. The van der Waals surface area contributed by atoms with Crippen molar-refractivity contribution in [1.29, 1.82) is 0 Å². The molecule has 1 saturated heterocycles. The second-order valence-electron chi connectivity index (χ2n) is 7.67. The van der Waals surface area contributed by atoms with E-state index in [0.29, 0.717) is 42.0 Å². The lowest BCUT2D eigenvalue weighted by atomic mass is 10.1. The lowest BCUT2D eigenvalue weighted by molar-refractivity contribution is -0.118. The first-order chi connectivity index (χ1) is 15.3. The van der Waals surface area contributed by atoms with Gasteiger partial charge in [0.25, 0.3) is 0 Å². The molecule has 0 unspecified atom stereocenters. The van der Waals surface area contributed by atoms with Gasteiger partial charge in [-0.3, -0.25) is 14.6 Å². The maximum atomic E-state index is 13.3. The highest BCUT2D eigenvalue weighted by Gasteiger charge is 2.24. The molecule has 2 aromatic carbocycles. The number of carbonyl (C=O) groups is 1. The zero-order valence-corrected chi connectivity index (χ0v) is 20.0. The second-order valence-corrected chi connectivity index (χ2v) is 11.1. The maximum absolute atomic E-state index is 13.3. The van der Waals surface area contributed by atoms with Gasteiger partial charge in [-0.05, 0) is 29.8 Å². The molecule has 1 aliphatic heterocycles. The van der Waals surface area contributed by atoms with Gasteiger partial charge in [0.1, 0.15) is 5.52 Å². The van der Waals surface area contributed by atoms with E-state index in [1.165, 1.54) is 17.6 Å². The largest absolute Gasteiger partial charge is 0.379 e. The zero-order valence-electron chi connectivity index (χ0n) is 17.7. The molecule has 1 amide bonds. The Morgan fingerprint density at radius 3 is 2.59 bits per heavy atom. The number of benzene rings is 2. The van der Waals surface area contributed by atoms with E-state index in [0.717, 1.165) is 23.4 Å². The number of para-hydroxylation sites is 1. The monoisotopic (exact) mass is 493 g/mol. The van der Waals surface area contributed by atoms with E-state index in [9.17, 15) is 13.2 Å². The summed E-state index contributed by atoms with van der Waals surface area (Å²) in [5.41, 5.74) is 1.26. The maximum Gasteiger partial charge on any atom is 0.233 e. The molecule has 0 radical (unpaired) electrons. The average molecular weight is 494 g/mol. The van der Waals surface area contributed by atoms with Gasteiger partial charge in [-0.2, -0.15) is 0 Å². The molecule has 0 N–H and O–H groups in total. The predicted molar refractivity (Wildman–Crippen MR) is 127 cm³/mol. The number of halogens is 1. The fraction of sp³-hybridized carbons (Fsp3) is 0.364. The van der Waals surface area contributed by atoms with Crippen molar-refractivity contribution in [2.75, 3.05) is 50.5 Å². The van der Waals surface area contributed by atoms with E-state index < -0.39 is 9.84 Å². The average Bonchev–Trinajstić information content (AvgIpc) is 3.19. The second kappa shape index (κ2) is 9.84. The van der Waals surface area contributed by atoms with Crippen molar-refractivity contribution in [3.63, 3.8) is 0 Å². The van der Waals surface area contributed by atoms with Crippen LogP contribution in [0.5, 0.6) is 0 Å². The van der Waals surface area contributed by atoms with Crippen molar-refractivity contribution in [1.82, 2.24) is 9.88 Å². The van der Waals surface area contributed by atoms with Gasteiger partial charge in [0, 0.05) is 37.5 Å². The summed E-state index contributed by atoms with van der Waals surface area (Å²) in [6.07, 6.45) is 1.37. The number of aromatic nitrogens is 1. The minimum atomic E-state index is -3.44. The number of rotatable bonds is 7. The minimum Gasteiger partial charge on any atom is -0.379 e. The lowest BCUT2D eigenvalue weighted by Crippen LogP contribution is -2.43. The van der Waals surface area contributed by atoms with Gasteiger partial charge in [-0.15, -0.1) is 0 Å². The Balaban J connectivity index is 1.64. The summed E-state index contributed by atoms with van der Waals surface area (Å²) in [7, 11) is -3.44. The minimum absolute atomic E-state index is 0.0967. The van der Waals surface area contributed by atoms with Crippen LogP contribution in [-0.4, -0.2) is 69.9 Å². The van der Waals surface area contributed by atoms with Gasteiger partial charge in [-0.1, -0.05) is 41.1 Å². The number of ether oxygens (including phenoxy) is 1. The van der Waals surface area contributed by atoms with Crippen LogP contribution in [-0.2, 0) is 25.8 Å². The Morgan fingerprint density at radius 2 is 1.91 bits per heavy atom. The van der Waals surface area contributed by atoms with Crippen LogP contribution in [0, 0.1) is 0 Å². The SMILES string of the molecule is CS(=O)(=O)c1cccc2sc(N(CCN3CCOCC3)C(=O)Cc3ccc(Cl)cc3)nc12. The molecule has 1 fully saturated rings. The van der Waals surface area contributed by atoms with Crippen molar-refractivity contribution in [3.8, 4) is 0 Å². The molecule has 2 heterocycles. The van der Waals surface area contributed by atoms with Crippen molar-refractivity contribution in [2.24, 2.45) is 0 Å². The van der Waals surface area contributed by atoms with Gasteiger partial charge in [0.05, 0.1) is 29.2 Å². The molecule has 1 aromatic heterocycles. The van der Waals surface area contributed by atoms with Crippen LogP contribution in [0.4, 0.5) is 5.13 Å². The molecule has 0 saturated carbocycles. The quantitative estimate of drug-likeness (QED) is 0.502. The number of carbonyl (C=O) groups excluding carboxylic acids is 1. The van der Waals surface area contributed by atoms with Crippen LogP contribution in [0.3, 0.4) is 0 Å². The highest BCUT2D eigenvalue weighted by Crippen LogP contribution is 2.33. The molecule has 0 atom stereocenters. The summed E-state index contributed by atoms with van der Waals surface area (Å²) in [6, 6.07) is 12.3. The molecule has 10 heteroatoms. The summed E-state index contributed by atoms with van der Waals surface area (Å²) in [5.74, 6) is -0.0967. The number of nitrogens with zero attached hydrogens (tertiary/aromatic N) is 3. The Kier molecular flexibility index (Phi) is 7.11. The molecule has 3 aromatic rings. The number of fused-ring (bicyclic) bond motifs is 1. The van der Waals surface area contributed by atoms with E-state index in [1.807, 2.05) is 18.2 Å². The molecule has 0 aliphatic carbocycles. The molecule has 7 nitrogen and oxygen atoms in total. The van der Waals surface area contributed by atoms with Crippen LogP contribution in [0.25, 0.3) is 10.2 Å². The number of hydrogen-bond acceptors (Lipinski definition) is 7. The molecule has 32 heavy (non-hydrogen) atoms. The fourth-order valence-electron chi connectivity index (χ4n) is 3.59. The van der Waals surface area contributed by atoms with Gasteiger partial charge >= 0.3 is 0 Å². The number of sulfone groups is 1. The van der Waals surface area contributed by atoms with Crippen molar-refractivity contribution >= 4 is 54.0 Å². The highest BCUT2D eigenvalue weighted by molar-refractivity contribution is 7.91. The molecular weight excluding hydrogens is 470 g/mol. The Labute approximate surface area is 196 Å². The summed E-state index contributed by atoms with van der Waals surface area (Å²) < 4.78 is 30.6.